The average molecular weight is 211 g/mol. The van der Waals surface area contributed by atoms with Crippen molar-refractivity contribution in [3.8, 4) is 0 Å². The molecule has 1 unspecified atom stereocenters. The molecule has 0 amide bonds. The van der Waals surface area contributed by atoms with E-state index in [1.54, 1.807) is 0 Å². The molecule has 2 heteroatoms. The summed E-state index contributed by atoms with van der Waals surface area (Å²) in [6, 6.07) is 0.780. The predicted molar refractivity (Wildman–Crippen MR) is 64.0 cm³/mol. The lowest BCUT2D eigenvalue weighted by Crippen LogP contribution is -2.38. The van der Waals surface area contributed by atoms with Crippen molar-refractivity contribution in [2.24, 2.45) is 5.41 Å². The number of rotatable bonds is 8. The average Bonchev–Trinajstić information content (AvgIpc) is 3.07. The summed E-state index contributed by atoms with van der Waals surface area (Å²) >= 11 is 0. The molecule has 0 N–H and O–H groups in total. The monoisotopic (exact) mass is 211 g/mol. The van der Waals surface area contributed by atoms with E-state index < -0.39 is 0 Å². The van der Waals surface area contributed by atoms with Gasteiger partial charge in [0.25, 0.3) is 0 Å². The largest absolute Gasteiger partial charge is 0.303 e. The number of unbranched alkanes of at least 4 members (excludes halogenated alkanes) is 1. The third kappa shape index (κ3) is 3.94. The maximum Gasteiger partial charge on any atom is 0.127 e. The van der Waals surface area contributed by atoms with Crippen molar-refractivity contribution in [3.05, 3.63) is 0 Å². The molecule has 1 fully saturated rings. The molecule has 1 saturated carbocycles. The number of hydrogen-bond acceptors (Lipinski definition) is 2. The highest BCUT2D eigenvalue weighted by Crippen LogP contribution is 2.31. The van der Waals surface area contributed by atoms with Gasteiger partial charge in [-0.05, 0) is 32.2 Å². The Morgan fingerprint density at radius 3 is 2.47 bits per heavy atom. The van der Waals surface area contributed by atoms with Gasteiger partial charge in [0.15, 0.2) is 0 Å². The summed E-state index contributed by atoms with van der Waals surface area (Å²) in [6.07, 6.45) is 7.27. The molecule has 0 heterocycles. The molecule has 0 saturated heterocycles. The number of hydrogen-bond donors (Lipinski definition) is 0. The third-order valence-electron chi connectivity index (χ3n) is 3.52. The van der Waals surface area contributed by atoms with Gasteiger partial charge in [-0.15, -0.1) is 0 Å². The Balaban J connectivity index is 2.45. The highest BCUT2D eigenvalue weighted by Gasteiger charge is 2.33. The molecule has 1 rings (SSSR count). The minimum Gasteiger partial charge on any atom is -0.303 e. The smallest absolute Gasteiger partial charge is 0.127 e. The first-order chi connectivity index (χ1) is 7.15. The lowest BCUT2D eigenvalue weighted by molar-refractivity contribution is -0.116. The van der Waals surface area contributed by atoms with Crippen LogP contribution in [0.1, 0.15) is 52.9 Å². The Morgan fingerprint density at radius 2 is 2.07 bits per heavy atom. The van der Waals surface area contributed by atoms with Gasteiger partial charge in [0.05, 0.1) is 0 Å². The molecule has 0 aromatic heterocycles. The van der Waals surface area contributed by atoms with Crippen LogP contribution in [0.4, 0.5) is 0 Å². The van der Waals surface area contributed by atoms with Crippen LogP contribution in [0, 0.1) is 5.41 Å². The van der Waals surface area contributed by atoms with Gasteiger partial charge in [0.2, 0.25) is 0 Å². The summed E-state index contributed by atoms with van der Waals surface area (Å²) in [5.74, 6) is 0. The van der Waals surface area contributed by atoms with E-state index >= 15 is 0 Å². The Morgan fingerprint density at radius 1 is 1.40 bits per heavy atom. The summed E-state index contributed by atoms with van der Waals surface area (Å²) < 4.78 is 0. The van der Waals surface area contributed by atoms with E-state index in [9.17, 15) is 4.79 Å². The van der Waals surface area contributed by atoms with Gasteiger partial charge in [-0.1, -0.05) is 27.2 Å². The van der Waals surface area contributed by atoms with E-state index in [0.717, 1.165) is 25.3 Å². The van der Waals surface area contributed by atoms with E-state index in [4.69, 9.17) is 0 Å². The molecule has 0 aromatic carbocycles. The van der Waals surface area contributed by atoms with E-state index in [0.29, 0.717) is 0 Å². The van der Waals surface area contributed by atoms with Crippen molar-refractivity contribution in [1.82, 2.24) is 4.90 Å². The highest BCUT2D eigenvalue weighted by atomic mass is 16.1. The molecule has 0 radical (unpaired) electrons. The molecule has 0 aliphatic heterocycles. The van der Waals surface area contributed by atoms with Crippen LogP contribution in [-0.2, 0) is 4.79 Å². The van der Waals surface area contributed by atoms with Crippen molar-refractivity contribution >= 4 is 6.29 Å². The highest BCUT2D eigenvalue weighted by molar-refractivity contribution is 5.58. The molecular weight excluding hydrogens is 186 g/mol. The zero-order valence-electron chi connectivity index (χ0n) is 10.5. The summed E-state index contributed by atoms with van der Waals surface area (Å²) in [5.41, 5.74) is -0.129. The van der Waals surface area contributed by atoms with Gasteiger partial charge in [-0.3, -0.25) is 4.90 Å². The first-order valence-electron chi connectivity index (χ1n) is 6.35. The van der Waals surface area contributed by atoms with Crippen LogP contribution in [0.2, 0.25) is 0 Å². The predicted octanol–water partition coefficient (Wildman–Crippen LogP) is 2.87. The summed E-state index contributed by atoms with van der Waals surface area (Å²) in [5, 5.41) is 0. The quantitative estimate of drug-likeness (QED) is 0.575. The molecule has 88 valence electrons. The van der Waals surface area contributed by atoms with Crippen molar-refractivity contribution in [2.75, 3.05) is 13.1 Å². The SMILES string of the molecule is CCCCN(CC(C)(C=O)CC)C1CC1. The fourth-order valence-electron chi connectivity index (χ4n) is 1.89. The van der Waals surface area contributed by atoms with Crippen LogP contribution >= 0.6 is 0 Å². The van der Waals surface area contributed by atoms with Crippen molar-refractivity contribution in [2.45, 2.75) is 58.9 Å². The Bertz CT molecular complexity index is 201. The molecule has 1 aliphatic carbocycles. The maximum atomic E-state index is 11.1. The van der Waals surface area contributed by atoms with Crippen LogP contribution < -0.4 is 0 Å². The normalized spacial score (nSPS) is 20.3. The zero-order chi connectivity index (χ0) is 11.3. The van der Waals surface area contributed by atoms with Crippen molar-refractivity contribution in [3.63, 3.8) is 0 Å². The number of nitrogens with zero attached hydrogens (tertiary/aromatic N) is 1. The van der Waals surface area contributed by atoms with E-state index in [2.05, 4.69) is 25.7 Å². The van der Waals surface area contributed by atoms with Crippen LogP contribution in [0.3, 0.4) is 0 Å². The second-order valence-corrected chi connectivity index (χ2v) is 5.18. The first-order valence-corrected chi connectivity index (χ1v) is 6.35. The van der Waals surface area contributed by atoms with Gasteiger partial charge in [0, 0.05) is 18.0 Å². The van der Waals surface area contributed by atoms with Gasteiger partial charge < -0.3 is 4.79 Å². The summed E-state index contributed by atoms with van der Waals surface area (Å²) in [7, 11) is 0. The Labute approximate surface area is 94.0 Å². The van der Waals surface area contributed by atoms with E-state index in [-0.39, 0.29) is 5.41 Å². The van der Waals surface area contributed by atoms with Crippen LogP contribution in [0.15, 0.2) is 0 Å². The lowest BCUT2D eigenvalue weighted by atomic mass is 9.88. The third-order valence-corrected chi connectivity index (χ3v) is 3.52. The fraction of sp³-hybridized carbons (Fsp3) is 0.923. The second-order valence-electron chi connectivity index (χ2n) is 5.18. The number of carbonyl (C=O) groups is 1. The topological polar surface area (TPSA) is 20.3 Å². The maximum absolute atomic E-state index is 11.1. The van der Waals surface area contributed by atoms with Crippen LogP contribution in [0.25, 0.3) is 0 Å². The molecule has 1 aliphatic rings. The van der Waals surface area contributed by atoms with Gasteiger partial charge in [-0.25, -0.2) is 0 Å². The summed E-state index contributed by atoms with van der Waals surface area (Å²) in [6.45, 7) is 8.55. The number of aldehydes is 1. The summed E-state index contributed by atoms with van der Waals surface area (Å²) in [4.78, 5) is 13.6. The lowest BCUT2D eigenvalue weighted by Gasteiger charge is -2.30. The van der Waals surface area contributed by atoms with Gasteiger partial charge >= 0.3 is 0 Å². The van der Waals surface area contributed by atoms with Crippen LogP contribution in [0.5, 0.6) is 0 Å². The molecule has 0 aromatic rings. The zero-order valence-corrected chi connectivity index (χ0v) is 10.5. The first kappa shape index (κ1) is 12.7. The van der Waals surface area contributed by atoms with E-state index in [1.165, 1.54) is 32.2 Å². The number of carbonyl (C=O) groups excluding carboxylic acids is 1. The molecule has 15 heavy (non-hydrogen) atoms. The minimum atomic E-state index is -0.129. The van der Waals surface area contributed by atoms with E-state index in [1.807, 2.05) is 0 Å². The second kappa shape index (κ2) is 5.64. The standard InChI is InChI=1S/C13H25NO/c1-4-6-9-14(12-7-8-12)10-13(3,5-2)11-15/h11-12H,4-10H2,1-3H3. The molecule has 0 spiro atoms. The van der Waals surface area contributed by atoms with Crippen LogP contribution in [-0.4, -0.2) is 30.3 Å². The Hall–Kier alpha value is -0.370. The minimum absolute atomic E-state index is 0.129. The molecule has 0 bridgehead atoms. The van der Waals surface area contributed by atoms with Crippen molar-refractivity contribution < 1.29 is 4.79 Å². The van der Waals surface area contributed by atoms with Crippen molar-refractivity contribution in [1.29, 1.82) is 0 Å². The van der Waals surface area contributed by atoms with Gasteiger partial charge in [0.1, 0.15) is 6.29 Å². The molecule has 2 nitrogen and oxygen atoms in total. The fourth-order valence-corrected chi connectivity index (χ4v) is 1.89. The molecular formula is C13H25NO. The Kier molecular flexibility index (Phi) is 4.78. The molecule has 1 atom stereocenters. The van der Waals surface area contributed by atoms with Gasteiger partial charge in [-0.2, -0.15) is 0 Å².